The van der Waals surface area contributed by atoms with Crippen LogP contribution in [0.15, 0.2) is 18.2 Å². The molecule has 0 saturated heterocycles. The summed E-state index contributed by atoms with van der Waals surface area (Å²) in [5.74, 6) is -0.361. The van der Waals surface area contributed by atoms with Gasteiger partial charge in [0.25, 0.3) is 0 Å². The minimum Gasteiger partial charge on any atom is -0.456 e. The Bertz CT molecular complexity index is 568. The first-order valence-electron chi connectivity index (χ1n) is 9.33. The van der Waals surface area contributed by atoms with Crippen molar-refractivity contribution in [3.63, 3.8) is 0 Å². The minimum absolute atomic E-state index is 0.315. The molecule has 2 nitrogen and oxygen atoms in total. The molecule has 0 spiro atoms. The van der Waals surface area contributed by atoms with Crippen molar-refractivity contribution in [2.75, 3.05) is 0 Å². The summed E-state index contributed by atoms with van der Waals surface area (Å²) in [6, 6.07) is 4.35. The van der Waals surface area contributed by atoms with E-state index in [1.165, 1.54) is 18.0 Å². The average molecular weight is 336 g/mol. The van der Waals surface area contributed by atoms with Crippen LogP contribution < -0.4 is 5.19 Å². The van der Waals surface area contributed by atoms with Crippen LogP contribution >= 0.6 is 0 Å². The fourth-order valence-electron chi connectivity index (χ4n) is 2.44. The summed E-state index contributed by atoms with van der Waals surface area (Å²) < 4.78 is 14.0. The first-order valence-corrected chi connectivity index (χ1v) is 12.3. The minimum atomic E-state index is -1.53. The van der Waals surface area contributed by atoms with Crippen LogP contribution in [0.3, 0.4) is 0 Å². The highest BCUT2D eigenvalue weighted by Gasteiger charge is 2.23. The van der Waals surface area contributed by atoms with E-state index in [1.807, 2.05) is 26.8 Å². The summed E-state index contributed by atoms with van der Waals surface area (Å²) in [5.41, 5.74) is 0.911. The van der Waals surface area contributed by atoms with Gasteiger partial charge in [-0.1, -0.05) is 63.1 Å². The van der Waals surface area contributed by atoms with Gasteiger partial charge in [-0.05, 0) is 45.2 Å². The van der Waals surface area contributed by atoms with Crippen molar-refractivity contribution in [3.8, 4) is 0 Å². The second-order valence-electron chi connectivity index (χ2n) is 8.35. The molecule has 0 aliphatic carbocycles. The van der Waals surface area contributed by atoms with E-state index in [1.54, 1.807) is 0 Å². The number of rotatable bonds is 7. The van der Waals surface area contributed by atoms with Crippen LogP contribution in [0, 0.1) is 0 Å². The molecule has 1 aromatic rings. The molecule has 0 fully saturated rings. The molecule has 0 aliphatic heterocycles. The second kappa shape index (κ2) is 8.14. The quantitative estimate of drug-likeness (QED) is 0.383. The standard InChI is InChI=1S/C20H34O2Si/c1-8-9-10-11-12-16-15-17(23(5,6)7)13-14-18(16)19(21)22-20(2,3)4/h13-15H,8-12H2,1-7H3/i14D. The van der Waals surface area contributed by atoms with Crippen molar-refractivity contribution < 1.29 is 10.9 Å². The molecule has 1 aromatic carbocycles. The topological polar surface area (TPSA) is 26.3 Å². The van der Waals surface area contributed by atoms with Gasteiger partial charge in [-0.2, -0.15) is 0 Å². The van der Waals surface area contributed by atoms with Gasteiger partial charge < -0.3 is 4.74 Å². The SMILES string of the molecule is [2H]c1cc([Si](C)(C)C)cc(CCCCCC)c1C(=O)OC(C)(C)C. The van der Waals surface area contributed by atoms with E-state index in [4.69, 9.17) is 6.11 Å². The van der Waals surface area contributed by atoms with E-state index < -0.39 is 13.7 Å². The van der Waals surface area contributed by atoms with Gasteiger partial charge in [-0.25, -0.2) is 4.79 Å². The van der Waals surface area contributed by atoms with Gasteiger partial charge in [-0.15, -0.1) is 0 Å². The van der Waals surface area contributed by atoms with Crippen LogP contribution in [0.2, 0.25) is 19.6 Å². The molecule has 0 unspecified atom stereocenters. The van der Waals surface area contributed by atoms with Gasteiger partial charge in [0.05, 0.1) is 15.0 Å². The Kier molecular flexibility index (Phi) is 6.46. The molecule has 3 heteroatoms. The molecule has 0 heterocycles. The van der Waals surface area contributed by atoms with Crippen LogP contribution in [-0.4, -0.2) is 19.6 Å². The molecular weight excluding hydrogens is 300 g/mol. The third-order valence-electron chi connectivity index (χ3n) is 3.79. The first-order chi connectivity index (χ1) is 11.0. The highest BCUT2D eigenvalue weighted by Crippen LogP contribution is 2.19. The summed E-state index contributed by atoms with van der Waals surface area (Å²) in [4.78, 5) is 12.6. The van der Waals surface area contributed by atoms with E-state index in [2.05, 4.69) is 32.6 Å². The monoisotopic (exact) mass is 335 g/mol. The lowest BCUT2D eigenvalue weighted by Crippen LogP contribution is -2.38. The van der Waals surface area contributed by atoms with Crippen LogP contribution in [0.5, 0.6) is 0 Å². The molecule has 0 N–H and O–H groups in total. The van der Waals surface area contributed by atoms with Crippen molar-refractivity contribution in [2.24, 2.45) is 0 Å². The number of aryl methyl sites for hydroxylation is 1. The van der Waals surface area contributed by atoms with Gasteiger partial charge in [0, 0.05) is 0 Å². The Labute approximate surface area is 145 Å². The number of unbranched alkanes of at least 4 members (excludes halogenated alkanes) is 3. The molecule has 23 heavy (non-hydrogen) atoms. The summed E-state index contributed by atoms with van der Waals surface area (Å²) in [7, 11) is -1.53. The molecule has 1 rings (SSSR count). The third-order valence-corrected chi connectivity index (χ3v) is 5.81. The Morgan fingerprint density at radius 2 is 1.87 bits per heavy atom. The Morgan fingerprint density at radius 1 is 1.22 bits per heavy atom. The second-order valence-corrected chi connectivity index (χ2v) is 13.4. The average Bonchev–Trinajstić information content (AvgIpc) is 2.40. The van der Waals surface area contributed by atoms with Crippen molar-refractivity contribution in [3.05, 3.63) is 29.3 Å². The van der Waals surface area contributed by atoms with Crippen molar-refractivity contribution in [1.82, 2.24) is 0 Å². The van der Waals surface area contributed by atoms with Gasteiger partial charge in [-0.3, -0.25) is 0 Å². The highest BCUT2D eigenvalue weighted by atomic mass is 28.3. The molecule has 0 aromatic heterocycles. The van der Waals surface area contributed by atoms with Crippen LogP contribution in [0.25, 0.3) is 0 Å². The summed E-state index contributed by atoms with van der Waals surface area (Å²) in [6.07, 6.45) is 5.46. The van der Waals surface area contributed by atoms with E-state index >= 15 is 0 Å². The number of carbonyl (C=O) groups is 1. The molecule has 0 amide bonds. The maximum atomic E-state index is 12.6. The highest BCUT2D eigenvalue weighted by molar-refractivity contribution is 6.88. The van der Waals surface area contributed by atoms with Crippen molar-refractivity contribution in [2.45, 2.75) is 85.0 Å². The number of benzene rings is 1. The predicted octanol–water partition coefficient (Wildman–Crippen LogP) is 5.31. The van der Waals surface area contributed by atoms with Gasteiger partial charge in [0.15, 0.2) is 0 Å². The van der Waals surface area contributed by atoms with Crippen LogP contribution in [0.4, 0.5) is 0 Å². The Morgan fingerprint density at radius 3 is 2.39 bits per heavy atom. The van der Waals surface area contributed by atoms with Crippen molar-refractivity contribution in [1.29, 1.82) is 0 Å². The number of hydrogen-bond donors (Lipinski definition) is 0. The Hall–Kier alpha value is -1.09. The van der Waals surface area contributed by atoms with Gasteiger partial charge in [0.2, 0.25) is 0 Å². The molecule has 0 saturated carbocycles. The van der Waals surface area contributed by atoms with E-state index in [0.29, 0.717) is 11.6 Å². The van der Waals surface area contributed by atoms with Gasteiger partial charge in [0.1, 0.15) is 5.60 Å². The van der Waals surface area contributed by atoms with Crippen molar-refractivity contribution >= 4 is 19.2 Å². The molecule has 0 bridgehead atoms. The zero-order valence-corrected chi connectivity index (χ0v) is 17.0. The number of hydrogen-bond acceptors (Lipinski definition) is 2. The summed E-state index contributed by atoms with van der Waals surface area (Å²) in [5, 5.41) is 1.24. The molecule has 0 aliphatic rings. The first kappa shape index (κ1) is 18.2. The molecular formula is C20H34O2Si. The summed E-state index contributed by atoms with van der Waals surface area (Å²) in [6.45, 7) is 14.6. The smallest absolute Gasteiger partial charge is 0.338 e. The molecule has 130 valence electrons. The van der Waals surface area contributed by atoms with E-state index in [9.17, 15) is 4.79 Å². The molecule has 0 atom stereocenters. The lowest BCUT2D eigenvalue weighted by molar-refractivity contribution is 0.00683. The van der Waals surface area contributed by atoms with E-state index in [0.717, 1.165) is 24.8 Å². The zero-order valence-electron chi connectivity index (χ0n) is 17.0. The number of carbonyl (C=O) groups excluding carboxylic acids is 1. The number of ether oxygens (including phenoxy) is 1. The third kappa shape index (κ3) is 6.90. The summed E-state index contributed by atoms with van der Waals surface area (Å²) >= 11 is 0. The van der Waals surface area contributed by atoms with Crippen LogP contribution in [0.1, 0.15) is 70.7 Å². The lowest BCUT2D eigenvalue weighted by atomic mass is 10.0. The fourth-order valence-corrected chi connectivity index (χ4v) is 3.55. The fraction of sp³-hybridized carbons (Fsp3) is 0.650. The van der Waals surface area contributed by atoms with Gasteiger partial charge >= 0.3 is 5.97 Å². The predicted molar refractivity (Wildman–Crippen MR) is 102 cm³/mol. The largest absolute Gasteiger partial charge is 0.456 e. The Balaban J connectivity index is 3.21. The lowest BCUT2D eigenvalue weighted by Gasteiger charge is -2.22. The van der Waals surface area contributed by atoms with E-state index in [-0.39, 0.29) is 5.97 Å². The number of esters is 1. The maximum absolute atomic E-state index is 12.6. The molecule has 0 radical (unpaired) electrons. The van der Waals surface area contributed by atoms with Crippen LogP contribution in [-0.2, 0) is 11.2 Å². The zero-order chi connectivity index (χ0) is 18.5. The maximum Gasteiger partial charge on any atom is 0.338 e. The normalized spacial score (nSPS) is 12.9.